The molecule has 25 heavy (non-hydrogen) atoms. The molecule has 0 fully saturated rings. The third-order valence-corrected chi connectivity index (χ3v) is 4.43. The highest BCUT2D eigenvalue weighted by molar-refractivity contribution is 5.87. The van der Waals surface area contributed by atoms with Crippen molar-refractivity contribution in [3.63, 3.8) is 0 Å². The Hall–Kier alpha value is -2.53. The quantitative estimate of drug-likeness (QED) is 0.846. The average Bonchev–Trinajstić information content (AvgIpc) is 2.61. The maximum absolute atomic E-state index is 12.7. The Labute approximate surface area is 149 Å². The predicted octanol–water partition coefficient (Wildman–Crippen LogP) is 3.06. The zero-order valence-electron chi connectivity index (χ0n) is 15.4. The number of rotatable bonds is 6. The van der Waals surface area contributed by atoms with E-state index in [1.54, 1.807) is 21.1 Å². The molecule has 0 radical (unpaired) electrons. The molecule has 2 unspecified atom stereocenters. The molecule has 0 aliphatic rings. The first kappa shape index (κ1) is 18.8. The van der Waals surface area contributed by atoms with Crippen molar-refractivity contribution >= 4 is 5.91 Å². The van der Waals surface area contributed by atoms with Gasteiger partial charge in [-0.05, 0) is 49.6 Å². The fraction of sp³-hybridized carbons (Fsp3) is 0.350. The molecule has 5 nitrogen and oxygen atoms in total. The van der Waals surface area contributed by atoms with Crippen LogP contribution in [0.25, 0.3) is 0 Å². The van der Waals surface area contributed by atoms with Gasteiger partial charge in [-0.1, -0.05) is 30.3 Å². The molecule has 0 heterocycles. The van der Waals surface area contributed by atoms with Crippen LogP contribution in [0.1, 0.15) is 36.6 Å². The van der Waals surface area contributed by atoms with Crippen LogP contribution in [0.3, 0.4) is 0 Å². The first-order valence-electron chi connectivity index (χ1n) is 8.19. The van der Waals surface area contributed by atoms with E-state index in [0.29, 0.717) is 11.5 Å². The molecule has 2 aromatic carbocycles. The molecular formula is C20H26N2O3. The lowest BCUT2D eigenvalue weighted by Gasteiger charge is -2.27. The summed E-state index contributed by atoms with van der Waals surface area (Å²) in [5.74, 6) is 1.05. The topological polar surface area (TPSA) is 73.6 Å². The highest BCUT2D eigenvalue weighted by Crippen LogP contribution is 2.33. The average molecular weight is 342 g/mol. The third-order valence-electron chi connectivity index (χ3n) is 4.43. The smallest absolute Gasteiger partial charge is 0.244 e. The highest BCUT2D eigenvalue weighted by Gasteiger charge is 2.31. The lowest BCUT2D eigenvalue weighted by molar-refractivity contribution is -0.126. The van der Waals surface area contributed by atoms with Crippen molar-refractivity contribution in [1.29, 1.82) is 0 Å². The predicted molar refractivity (Wildman–Crippen MR) is 98.8 cm³/mol. The number of carbonyl (C=O) groups is 1. The van der Waals surface area contributed by atoms with Gasteiger partial charge < -0.3 is 20.5 Å². The minimum absolute atomic E-state index is 0.223. The first-order valence-corrected chi connectivity index (χ1v) is 8.19. The minimum Gasteiger partial charge on any atom is -0.493 e. The molecule has 5 heteroatoms. The number of nitrogens with two attached hydrogens (primary N) is 1. The van der Waals surface area contributed by atoms with E-state index in [0.717, 1.165) is 16.7 Å². The second kappa shape index (κ2) is 7.57. The van der Waals surface area contributed by atoms with Crippen LogP contribution in [0.5, 0.6) is 11.5 Å². The van der Waals surface area contributed by atoms with Gasteiger partial charge in [0.15, 0.2) is 11.5 Å². The van der Waals surface area contributed by atoms with Crippen molar-refractivity contribution in [2.75, 3.05) is 14.2 Å². The Balaban J connectivity index is 2.24. The lowest BCUT2D eigenvalue weighted by Crippen LogP contribution is -2.49. The second-order valence-electron chi connectivity index (χ2n) is 6.33. The van der Waals surface area contributed by atoms with Crippen molar-refractivity contribution < 1.29 is 14.3 Å². The van der Waals surface area contributed by atoms with E-state index in [1.165, 1.54) is 0 Å². The van der Waals surface area contributed by atoms with Gasteiger partial charge in [-0.15, -0.1) is 0 Å². The molecule has 0 aliphatic carbocycles. The van der Waals surface area contributed by atoms with Gasteiger partial charge in [-0.3, -0.25) is 4.79 Å². The molecule has 0 aromatic heterocycles. The van der Waals surface area contributed by atoms with Gasteiger partial charge in [-0.2, -0.15) is 0 Å². The number of ether oxygens (including phenoxy) is 2. The van der Waals surface area contributed by atoms with E-state index in [2.05, 4.69) is 5.32 Å². The van der Waals surface area contributed by atoms with Crippen LogP contribution in [0.2, 0.25) is 0 Å². The number of hydrogen-bond acceptors (Lipinski definition) is 4. The highest BCUT2D eigenvalue weighted by atomic mass is 16.5. The van der Waals surface area contributed by atoms with Gasteiger partial charge >= 0.3 is 0 Å². The molecule has 0 bridgehead atoms. The molecule has 3 N–H and O–H groups in total. The Morgan fingerprint density at radius 1 is 1.12 bits per heavy atom. The summed E-state index contributed by atoms with van der Waals surface area (Å²) in [5, 5.41) is 3.00. The van der Waals surface area contributed by atoms with Crippen molar-refractivity contribution in [3.8, 4) is 11.5 Å². The van der Waals surface area contributed by atoms with Gasteiger partial charge in [0.2, 0.25) is 5.91 Å². The summed E-state index contributed by atoms with van der Waals surface area (Å²) < 4.78 is 10.7. The van der Waals surface area contributed by atoms with E-state index in [9.17, 15) is 4.79 Å². The van der Waals surface area contributed by atoms with Gasteiger partial charge in [0.05, 0.1) is 20.3 Å². The van der Waals surface area contributed by atoms with Crippen LogP contribution in [0.4, 0.5) is 0 Å². The van der Waals surface area contributed by atoms with Gasteiger partial charge in [0, 0.05) is 0 Å². The SMILES string of the molecule is COc1cc(C)c(C(C)NC(=O)C(C)(N)c2ccccc2)cc1OC. The minimum atomic E-state index is -1.11. The summed E-state index contributed by atoms with van der Waals surface area (Å²) >= 11 is 0. The maximum Gasteiger partial charge on any atom is 0.244 e. The van der Waals surface area contributed by atoms with Gasteiger partial charge in [-0.25, -0.2) is 0 Å². The molecule has 1 amide bonds. The van der Waals surface area contributed by atoms with Crippen molar-refractivity contribution in [1.82, 2.24) is 5.32 Å². The zero-order chi connectivity index (χ0) is 18.6. The number of benzene rings is 2. The fourth-order valence-electron chi connectivity index (χ4n) is 2.80. The molecule has 2 rings (SSSR count). The van der Waals surface area contributed by atoms with E-state index >= 15 is 0 Å². The summed E-state index contributed by atoms with van der Waals surface area (Å²) in [6.45, 7) is 5.61. The number of amides is 1. The summed E-state index contributed by atoms with van der Waals surface area (Å²) in [6, 6.07) is 12.9. The first-order chi connectivity index (χ1) is 11.8. The Morgan fingerprint density at radius 2 is 1.68 bits per heavy atom. The molecule has 0 saturated heterocycles. The van der Waals surface area contributed by atoms with Crippen molar-refractivity contribution in [3.05, 3.63) is 59.2 Å². The second-order valence-corrected chi connectivity index (χ2v) is 6.33. The number of nitrogens with one attached hydrogen (secondary N) is 1. The van der Waals surface area contributed by atoms with Crippen molar-refractivity contribution in [2.24, 2.45) is 5.73 Å². The summed E-state index contributed by atoms with van der Waals surface area (Å²) in [5.41, 5.74) is 7.90. The third kappa shape index (κ3) is 3.94. The van der Waals surface area contributed by atoms with Gasteiger partial charge in [0.1, 0.15) is 5.54 Å². The lowest BCUT2D eigenvalue weighted by atomic mass is 9.91. The van der Waals surface area contributed by atoms with E-state index in [1.807, 2.05) is 56.3 Å². The summed E-state index contributed by atoms with van der Waals surface area (Å²) in [4.78, 5) is 12.7. The summed E-state index contributed by atoms with van der Waals surface area (Å²) in [6.07, 6.45) is 0. The van der Waals surface area contributed by atoms with E-state index in [-0.39, 0.29) is 11.9 Å². The Bertz CT molecular complexity index is 742. The monoisotopic (exact) mass is 342 g/mol. The standard InChI is InChI=1S/C20H26N2O3/c1-13-11-17(24-4)18(25-5)12-16(13)14(2)22-19(23)20(3,21)15-9-7-6-8-10-15/h6-12,14H,21H2,1-5H3,(H,22,23). The number of hydrogen-bond donors (Lipinski definition) is 2. The molecule has 0 spiro atoms. The zero-order valence-corrected chi connectivity index (χ0v) is 15.4. The van der Waals surface area contributed by atoms with Crippen LogP contribution in [0, 0.1) is 6.92 Å². The molecule has 2 atom stereocenters. The molecule has 0 aliphatic heterocycles. The maximum atomic E-state index is 12.7. The van der Waals surface area contributed by atoms with Crippen LogP contribution < -0.4 is 20.5 Å². The van der Waals surface area contributed by atoms with Crippen LogP contribution in [0.15, 0.2) is 42.5 Å². The largest absolute Gasteiger partial charge is 0.493 e. The number of carbonyl (C=O) groups excluding carboxylic acids is 1. The van der Waals surface area contributed by atoms with Crippen molar-refractivity contribution in [2.45, 2.75) is 32.4 Å². The molecule has 2 aromatic rings. The molecule has 134 valence electrons. The summed E-state index contributed by atoms with van der Waals surface area (Å²) in [7, 11) is 3.19. The van der Waals surface area contributed by atoms with Crippen LogP contribution in [-0.2, 0) is 10.3 Å². The Kier molecular flexibility index (Phi) is 5.69. The Morgan fingerprint density at radius 3 is 2.24 bits per heavy atom. The molecular weight excluding hydrogens is 316 g/mol. The van der Waals surface area contributed by atoms with Gasteiger partial charge in [0.25, 0.3) is 0 Å². The number of aryl methyl sites for hydroxylation is 1. The number of methoxy groups -OCH3 is 2. The van der Waals surface area contributed by atoms with Crippen LogP contribution >= 0.6 is 0 Å². The van der Waals surface area contributed by atoms with Crippen LogP contribution in [-0.4, -0.2) is 20.1 Å². The fourth-order valence-corrected chi connectivity index (χ4v) is 2.80. The van der Waals surface area contributed by atoms with E-state index in [4.69, 9.17) is 15.2 Å². The molecule has 0 saturated carbocycles. The van der Waals surface area contributed by atoms with E-state index < -0.39 is 5.54 Å². The normalized spacial score (nSPS) is 14.3.